The van der Waals surface area contributed by atoms with E-state index in [0.717, 1.165) is 19.6 Å². The van der Waals surface area contributed by atoms with Crippen LogP contribution in [0.1, 0.15) is 23.1 Å². The smallest absolute Gasteiger partial charge is 0.0638 e. The monoisotopic (exact) mass is 286 g/mol. The lowest BCUT2D eigenvalue weighted by molar-refractivity contribution is 0.261. The first-order valence-corrected chi connectivity index (χ1v) is 7.43. The molecule has 0 atom stereocenters. The van der Waals surface area contributed by atoms with Crippen molar-refractivity contribution in [2.45, 2.75) is 25.9 Å². The fraction of sp³-hybridized carbons (Fsp3) is 0.294. The average Bonchev–Trinajstić information content (AvgIpc) is 2.64. The summed E-state index contributed by atoms with van der Waals surface area (Å²) in [4.78, 5) is 2.48. The Morgan fingerprint density at radius 2 is 1.90 bits per heavy atom. The van der Waals surface area contributed by atoms with E-state index in [-0.39, 0.29) is 0 Å². The zero-order valence-electron chi connectivity index (χ0n) is 11.5. The highest BCUT2D eigenvalue weighted by atomic mass is 35.5. The van der Waals surface area contributed by atoms with Crippen molar-refractivity contribution in [1.29, 1.82) is 0 Å². The molecule has 2 nitrogen and oxygen atoms in total. The fourth-order valence-electron chi connectivity index (χ4n) is 2.83. The third kappa shape index (κ3) is 2.97. The lowest BCUT2D eigenvalue weighted by Gasteiger charge is -2.20. The molecule has 0 saturated heterocycles. The summed E-state index contributed by atoms with van der Waals surface area (Å²) in [5.74, 6) is 0. The maximum absolute atomic E-state index is 6.10. The van der Waals surface area contributed by atoms with Crippen LogP contribution in [0.4, 0.5) is 5.69 Å². The van der Waals surface area contributed by atoms with Crippen molar-refractivity contribution in [2.24, 2.45) is 0 Å². The van der Waals surface area contributed by atoms with Crippen molar-refractivity contribution in [3.05, 3.63) is 64.2 Å². The van der Waals surface area contributed by atoms with Gasteiger partial charge in [0.1, 0.15) is 0 Å². The van der Waals surface area contributed by atoms with Crippen molar-refractivity contribution >= 4 is 17.3 Å². The van der Waals surface area contributed by atoms with Crippen molar-refractivity contribution in [2.75, 3.05) is 12.3 Å². The van der Waals surface area contributed by atoms with Crippen LogP contribution in [0.3, 0.4) is 0 Å². The van der Waals surface area contributed by atoms with Crippen molar-refractivity contribution < 1.29 is 0 Å². The van der Waals surface area contributed by atoms with E-state index in [2.05, 4.69) is 35.2 Å². The van der Waals surface area contributed by atoms with Crippen LogP contribution in [0.25, 0.3) is 0 Å². The number of benzene rings is 2. The summed E-state index contributed by atoms with van der Waals surface area (Å²) in [6, 6.07) is 14.7. The predicted octanol–water partition coefficient (Wildman–Crippen LogP) is 3.87. The zero-order chi connectivity index (χ0) is 13.9. The standard InChI is InChI=1S/C17H19ClN2/c18-16-10-13(7-8-17(16)19)11-20-9-3-6-14-4-1-2-5-15(14)12-20/h1-2,4-5,7-8,10H,3,6,9,11-12,19H2. The molecule has 2 aromatic carbocycles. The lowest BCUT2D eigenvalue weighted by atomic mass is 10.0. The molecule has 0 fully saturated rings. The molecule has 0 saturated carbocycles. The number of aryl methyl sites for hydroxylation is 1. The van der Waals surface area contributed by atoms with Gasteiger partial charge in [0, 0.05) is 13.1 Å². The Kier molecular flexibility index (Phi) is 3.95. The highest BCUT2D eigenvalue weighted by molar-refractivity contribution is 6.33. The van der Waals surface area contributed by atoms with Gasteiger partial charge in [0.2, 0.25) is 0 Å². The van der Waals surface area contributed by atoms with Gasteiger partial charge in [-0.3, -0.25) is 4.90 Å². The van der Waals surface area contributed by atoms with E-state index < -0.39 is 0 Å². The Hall–Kier alpha value is -1.51. The van der Waals surface area contributed by atoms with Gasteiger partial charge in [-0.15, -0.1) is 0 Å². The predicted molar refractivity (Wildman–Crippen MR) is 84.7 cm³/mol. The second-order valence-corrected chi connectivity index (χ2v) is 5.85. The molecule has 2 aromatic rings. The molecular weight excluding hydrogens is 268 g/mol. The maximum Gasteiger partial charge on any atom is 0.0638 e. The number of halogens is 1. The molecule has 1 aliphatic heterocycles. The van der Waals surface area contributed by atoms with Gasteiger partial charge < -0.3 is 5.73 Å². The Morgan fingerprint density at radius 1 is 1.10 bits per heavy atom. The molecule has 0 amide bonds. The number of nitrogens with two attached hydrogens (primary N) is 1. The lowest BCUT2D eigenvalue weighted by Crippen LogP contribution is -2.22. The van der Waals surface area contributed by atoms with E-state index in [1.165, 1.54) is 29.5 Å². The molecule has 0 radical (unpaired) electrons. The van der Waals surface area contributed by atoms with Gasteiger partial charge in [-0.2, -0.15) is 0 Å². The van der Waals surface area contributed by atoms with Gasteiger partial charge in [-0.05, 0) is 48.2 Å². The Bertz CT molecular complexity index is 610. The summed E-state index contributed by atoms with van der Waals surface area (Å²) in [6.45, 7) is 3.06. The van der Waals surface area contributed by atoms with Crippen LogP contribution < -0.4 is 5.73 Å². The molecule has 0 unspecified atom stereocenters. The molecule has 0 aliphatic carbocycles. The van der Waals surface area contributed by atoms with Crippen LogP contribution in [-0.4, -0.2) is 11.4 Å². The quantitative estimate of drug-likeness (QED) is 0.849. The topological polar surface area (TPSA) is 29.3 Å². The van der Waals surface area contributed by atoms with E-state index in [4.69, 9.17) is 17.3 Å². The largest absolute Gasteiger partial charge is 0.398 e. The van der Waals surface area contributed by atoms with Crippen LogP contribution in [0.15, 0.2) is 42.5 Å². The summed E-state index contributed by atoms with van der Waals surface area (Å²) < 4.78 is 0. The summed E-state index contributed by atoms with van der Waals surface area (Å²) in [5.41, 5.74) is 10.6. The number of nitrogens with zero attached hydrogens (tertiary/aromatic N) is 1. The number of hydrogen-bond donors (Lipinski definition) is 1. The van der Waals surface area contributed by atoms with Crippen LogP contribution in [0, 0.1) is 0 Å². The summed E-state index contributed by atoms with van der Waals surface area (Å²) in [6.07, 6.45) is 2.38. The third-order valence-corrected chi connectivity index (χ3v) is 4.23. The van der Waals surface area contributed by atoms with Crippen LogP contribution in [0.5, 0.6) is 0 Å². The van der Waals surface area contributed by atoms with E-state index >= 15 is 0 Å². The van der Waals surface area contributed by atoms with Gasteiger partial charge in [-0.1, -0.05) is 41.9 Å². The minimum absolute atomic E-state index is 0.650. The minimum atomic E-state index is 0.650. The number of fused-ring (bicyclic) bond motifs is 1. The zero-order valence-corrected chi connectivity index (χ0v) is 12.2. The number of rotatable bonds is 2. The molecule has 0 spiro atoms. The molecule has 1 heterocycles. The molecule has 104 valence electrons. The van der Waals surface area contributed by atoms with Crippen LogP contribution in [0.2, 0.25) is 5.02 Å². The summed E-state index contributed by atoms with van der Waals surface area (Å²) in [7, 11) is 0. The van der Waals surface area contributed by atoms with Gasteiger partial charge in [0.25, 0.3) is 0 Å². The molecule has 0 bridgehead atoms. The summed E-state index contributed by atoms with van der Waals surface area (Å²) in [5, 5.41) is 0.651. The van der Waals surface area contributed by atoms with Gasteiger partial charge in [-0.25, -0.2) is 0 Å². The van der Waals surface area contributed by atoms with Crippen molar-refractivity contribution in [3.8, 4) is 0 Å². The molecule has 1 aliphatic rings. The second kappa shape index (κ2) is 5.86. The first kappa shape index (κ1) is 13.5. The van der Waals surface area contributed by atoms with Crippen molar-refractivity contribution in [3.63, 3.8) is 0 Å². The SMILES string of the molecule is Nc1ccc(CN2CCCc3ccccc3C2)cc1Cl. The van der Waals surface area contributed by atoms with Gasteiger partial charge in [0.05, 0.1) is 10.7 Å². The molecule has 3 rings (SSSR count). The first-order valence-electron chi connectivity index (χ1n) is 7.05. The number of hydrogen-bond acceptors (Lipinski definition) is 2. The van der Waals surface area contributed by atoms with Crippen LogP contribution in [-0.2, 0) is 19.5 Å². The van der Waals surface area contributed by atoms with Gasteiger partial charge in [0.15, 0.2) is 0 Å². The Balaban J connectivity index is 1.76. The molecule has 20 heavy (non-hydrogen) atoms. The van der Waals surface area contributed by atoms with Crippen molar-refractivity contribution in [1.82, 2.24) is 4.90 Å². The highest BCUT2D eigenvalue weighted by Gasteiger charge is 2.14. The normalized spacial score (nSPS) is 15.7. The van der Waals surface area contributed by atoms with E-state index in [1.807, 2.05) is 12.1 Å². The Labute approximate surface area is 125 Å². The third-order valence-electron chi connectivity index (χ3n) is 3.90. The van der Waals surface area contributed by atoms with Gasteiger partial charge >= 0.3 is 0 Å². The number of nitrogen functional groups attached to an aromatic ring is 1. The Morgan fingerprint density at radius 3 is 2.70 bits per heavy atom. The minimum Gasteiger partial charge on any atom is -0.398 e. The molecule has 2 N–H and O–H groups in total. The molecular formula is C17H19ClN2. The number of anilines is 1. The average molecular weight is 287 g/mol. The molecule has 3 heteroatoms. The highest BCUT2D eigenvalue weighted by Crippen LogP contribution is 2.23. The summed E-state index contributed by atoms with van der Waals surface area (Å²) >= 11 is 6.10. The second-order valence-electron chi connectivity index (χ2n) is 5.44. The first-order chi connectivity index (χ1) is 9.72. The van der Waals surface area contributed by atoms with E-state index in [9.17, 15) is 0 Å². The van der Waals surface area contributed by atoms with Crippen LogP contribution >= 0.6 is 11.6 Å². The maximum atomic E-state index is 6.10. The fourth-order valence-corrected chi connectivity index (χ4v) is 3.03. The van der Waals surface area contributed by atoms with E-state index in [0.29, 0.717) is 10.7 Å². The van der Waals surface area contributed by atoms with E-state index in [1.54, 1.807) is 0 Å². The molecule has 0 aromatic heterocycles.